The molecular weight excluding hydrogens is 268 g/mol. The van der Waals surface area contributed by atoms with Crippen molar-refractivity contribution in [1.82, 2.24) is 0 Å². The van der Waals surface area contributed by atoms with Crippen LogP contribution in [-0.4, -0.2) is 32.6 Å². The molecule has 2 rings (SSSR count). The molecular formula is C12H12F4O3. The summed E-state index contributed by atoms with van der Waals surface area (Å²) in [5.74, 6) is -0.869. The van der Waals surface area contributed by atoms with Crippen molar-refractivity contribution < 1.29 is 31.8 Å². The first-order valence-corrected chi connectivity index (χ1v) is 5.55. The minimum Gasteiger partial charge on any atom is -0.497 e. The van der Waals surface area contributed by atoms with E-state index in [4.69, 9.17) is 14.2 Å². The van der Waals surface area contributed by atoms with Gasteiger partial charge >= 0.3 is 6.18 Å². The predicted molar refractivity (Wildman–Crippen MR) is 57.4 cm³/mol. The molecule has 3 nitrogen and oxygen atoms in total. The lowest BCUT2D eigenvalue weighted by molar-refractivity contribution is -0.225. The molecule has 1 saturated heterocycles. The third kappa shape index (κ3) is 3.57. The summed E-state index contributed by atoms with van der Waals surface area (Å²) in [6.45, 7) is 0.158. The van der Waals surface area contributed by atoms with Crippen LogP contribution in [0.2, 0.25) is 0 Å². The smallest absolute Gasteiger partial charge is 0.418 e. The van der Waals surface area contributed by atoms with Gasteiger partial charge in [0, 0.05) is 11.6 Å². The Morgan fingerprint density at radius 1 is 1.42 bits per heavy atom. The van der Waals surface area contributed by atoms with Crippen molar-refractivity contribution in [3.8, 4) is 5.75 Å². The van der Waals surface area contributed by atoms with Gasteiger partial charge in [-0.3, -0.25) is 0 Å². The quantitative estimate of drug-likeness (QED) is 0.614. The van der Waals surface area contributed by atoms with Crippen LogP contribution in [0.4, 0.5) is 17.6 Å². The van der Waals surface area contributed by atoms with E-state index in [1.165, 1.54) is 13.2 Å². The molecule has 0 aliphatic carbocycles. The van der Waals surface area contributed by atoms with Crippen molar-refractivity contribution in [2.75, 3.05) is 20.3 Å². The highest BCUT2D eigenvalue weighted by atomic mass is 19.4. The van der Waals surface area contributed by atoms with Gasteiger partial charge in [-0.1, -0.05) is 0 Å². The largest absolute Gasteiger partial charge is 0.497 e. The molecule has 0 spiro atoms. The molecule has 106 valence electrons. The van der Waals surface area contributed by atoms with E-state index in [9.17, 15) is 17.6 Å². The number of epoxide rings is 1. The van der Waals surface area contributed by atoms with E-state index in [2.05, 4.69) is 0 Å². The molecule has 1 heterocycles. The van der Waals surface area contributed by atoms with E-state index in [1.807, 2.05) is 0 Å². The van der Waals surface area contributed by atoms with Gasteiger partial charge in [0.2, 0.25) is 0 Å². The molecule has 1 fully saturated rings. The second-order valence-electron chi connectivity index (χ2n) is 4.10. The summed E-state index contributed by atoms with van der Waals surface area (Å²) in [4.78, 5) is 0. The molecule has 19 heavy (non-hydrogen) atoms. The van der Waals surface area contributed by atoms with Gasteiger partial charge in [-0.2, -0.15) is 13.2 Å². The van der Waals surface area contributed by atoms with E-state index < -0.39 is 23.7 Å². The first-order chi connectivity index (χ1) is 8.91. The Balaban J connectivity index is 2.20. The lowest BCUT2D eigenvalue weighted by Gasteiger charge is -2.21. The number of halogens is 4. The van der Waals surface area contributed by atoms with Crippen LogP contribution >= 0.6 is 0 Å². The van der Waals surface area contributed by atoms with E-state index in [-0.39, 0.29) is 18.5 Å². The zero-order valence-electron chi connectivity index (χ0n) is 10.0. The van der Waals surface area contributed by atoms with E-state index in [0.717, 1.165) is 12.1 Å². The Hall–Kier alpha value is -1.34. The highest BCUT2D eigenvalue weighted by Gasteiger charge is 2.44. The molecule has 0 radical (unpaired) electrons. The average Bonchev–Trinajstić information content (AvgIpc) is 3.13. The summed E-state index contributed by atoms with van der Waals surface area (Å²) in [6.07, 6.45) is -7.32. The lowest BCUT2D eigenvalue weighted by Crippen LogP contribution is -2.26. The van der Waals surface area contributed by atoms with Crippen LogP contribution in [0.1, 0.15) is 11.7 Å². The Morgan fingerprint density at radius 3 is 2.58 bits per heavy atom. The van der Waals surface area contributed by atoms with Crippen molar-refractivity contribution in [3.63, 3.8) is 0 Å². The number of ether oxygens (including phenoxy) is 3. The summed E-state index contributed by atoms with van der Waals surface area (Å²) in [5.41, 5.74) is -0.561. The summed E-state index contributed by atoms with van der Waals surface area (Å²) in [5, 5.41) is 0. The summed E-state index contributed by atoms with van der Waals surface area (Å²) < 4.78 is 66.5. The van der Waals surface area contributed by atoms with Crippen molar-refractivity contribution in [2.45, 2.75) is 18.4 Å². The molecule has 0 bridgehead atoms. The van der Waals surface area contributed by atoms with Crippen molar-refractivity contribution >= 4 is 0 Å². The van der Waals surface area contributed by atoms with Gasteiger partial charge < -0.3 is 14.2 Å². The normalized spacial score (nSPS) is 20.2. The number of methoxy groups -OCH3 is 1. The fraction of sp³-hybridized carbons (Fsp3) is 0.500. The van der Waals surface area contributed by atoms with Crippen LogP contribution in [0.5, 0.6) is 5.75 Å². The summed E-state index contributed by atoms with van der Waals surface area (Å²) in [7, 11) is 1.30. The maximum Gasteiger partial charge on any atom is 0.418 e. The zero-order chi connectivity index (χ0) is 14.0. The second kappa shape index (κ2) is 5.34. The molecule has 7 heteroatoms. The van der Waals surface area contributed by atoms with Crippen molar-refractivity contribution in [1.29, 1.82) is 0 Å². The van der Waals surface area contributed by atoms with E-state index in [1.54, 1.807) is 0 Å². The molecule has 0 aromatic heterocycles. The van der Waals surface area contributed by atoms with Gasteiger partial charge in [0.15, 0.2) is 6.10 Å². The number of hydrogen-bond donors (Lipinski definition) is 0. The standard InChI is InChI=1S/C12H12F4O3/c1-17-7-2-3-9(10(13)4-7)11(12(14,15)16)19-6-8-5-18-8/h2-4,8,11H,5-6H2,1H3/t8-,11-/m0/s1. The first-order valence-electron chi connectivity index (χ1n) is 5.55. The lowest BCUT2D eigenvalue weighted by atomic mass is 10.1. The van der Waals surface area contributed by atoms with E-state index in [0.29, 0.717) is 6.61 Å². The van der Waals surface area contributed by atoms with Crippen LogP contribution in [0.15, 0.2) is 18.2 Å². The van der Waals surface area contributed by atoms with Crippen molar-refractivity contribution in [2.24, 2.45) is 0 Å². The summed E-state index contributed by atoms with van der Waals surface area (Å²) >= 11 is 0. The third-order valence-corrected chi connectivity index (χ3v) is 2.64. The number of benzene rings is 1. The van der Waals surface area contributed by atoms with Crippen LogP contribution in [-0.2, 0) is 9.47 Å². The van der Waals surface area contributed by atoms with Gasteiger partial charge in [0.25, 0.3) is 0 Å². The first kappa shape index (κ1) is 14.1. The second-order valence-corrected chi connectivity index (χ2v) is 4.10. The molecule has 0 amide bonds. The Bertz CT molecular complexity index is 443. The van der Waals surface area contributed by atoms with Gasteiger partial charge in [0.05, 0.1) is 20.3 Å². The SMILES string of the molecule is COc1ccc([C@H](OC[C@@H]2CO2)C(F)(F)F)c(F)c1. The minimum absolute atomic E-state index is 0.146. The fourth-order valence-corrected chi connectivity index (χ4v) is 1.58. The topological polar surface area (TPSA) is 31.0 Å². The van der Waals surface area contributed by atoms with Crippen molar-refractivity contribution in [3.05, 3.63) is 29.6 Å². The molecule has 1 aromatic carbocycles. The minimum atomic E-state index is -4.69. The Morgan fingerprint density at radius 2 is 2.11 bits per heavy atom. The number of hydrogen-bond acceptors (Lipinski definition) is 3. The number of rotatable bonds is 5. The molecule has 1 aliphatic rings. The van der Waals surface area contributed by atoms with Gasteiger partial charge in [-0.25, -0.2) is 4.39 Å². The Labute approximate surface area is 107 Å². The highest BCUT2D eigenvalue weighted by molar-refractivity contribution is 5.31. The third-order valence-electron chi connectivity index (χ3n) is 2.64. The fourth-order valence-electron chi connectivity index (χ4n) is 1.58. The van der Waals surface area contributed by atoms with Gasteiger partial charge in [-0.05, 0) is 12.1 Å². The predicted octanol–water partition coefficient (Wildman–Crippen LogP) is 2.85. The molecule has 1 aromatic rings. The average molecular weight is 280 g/mol. The van der Waals surface area contributed by atoms with Crippen LogP contribution in [0.25, 0.3) is 0 Å². The Kier molecular flexibility index (Phi) is 3.96. The maximum atomic E-state index is 13.7. The number of alkyl halides is 3. The molecule has 2 atom stereocenters. The van der Waals surface area contributed by atoms with Crippen LogP contribution < -0.4 is 4.74 Å². The van der Waals surface area contributed by atoms with Crippen LogP contribution in [0, 0.1) is 5.82 Å². The summed E-state index contributed by atoms with van der Waals surface area (Å²) in [6, 6.07) is 3.17. The molecule has 0 unspecified atom stereocenters. The molecule has 0 N–H and O–H groups in total. The zero-order valence-corrected chi connectivity index (χ0v) is 10.0. The monoisotopic (exact) mass is 280 g/mol. The molecule has 1 aliphatic heterocycles. The van der Waals surface area contributed by atoms with Gasteiger partial charge in [0.1, 0.15) is 17.7 Å². The highest BCUT2D eigenvalue weighted by Crippen LogP contribution is 2.38. The van der Waals surface area contributed by atoms with Gasteiger partial charge in [-0.15, -0.1) is 0 Å². The van der Waals surface area contributed by atoms with Crippen LogP contribution in [0.3, 0.4) is 0 Å². The maximum absolute atomic E-state index is 13.7. The molecule has 0 saturated carbocycles. The van der Waals surface area contributed by atoms with E-state index >= 15 is 0 Å².